The van der Waals surface area contributed by atoms with Crippen molar-refractivity contribution in [3.05, 3.63) is 48.2 Å². The van der Waals surface area contributed by atoms with Gasteiger partial charge in [0.2, 0.25) is 5.88 Å². The van der Waals surface area contributed by atoms with Crippen LogP contribution < -0.4 is 9.47 Å². The average molecular weight is 273 g/mol. The van der Waals surface area contributed by atoms with Crippen molar-refractivity contribution < 1.29 is 19.4 Å². The zero-order valence-electron chi connectivity index (χ0n) is 11.1. The summed E-state index contributed by atoms with van der Waals surface area (Å²) in [6.07, 6.45) is 2.29. The van der Waals surface area contributed by atoms with E-state index in [1.54, 1.807) is 12.1 Å². The lowest BCUT2D eigenvalue weighted by atomic mass is 10.3. The minimum absolute atomic E-state index is 0.127. The lowest BCUT2D eigenvalue weighted by Crippen LogP contribution is -1.99. The minimum Gasteiger partial charge on any atom is -0.490 e. The Morgan fingerprint density at radius 3 is 2.70 bits per heavy atom. The molecule has 1 aromatic heterocycles. The van der Waals surface area contributed by atoms with Crippen molar-refractivity contribution in [3.63, 3.8) is 0 Å². The van der Waals surface area contributed by atoms with E-state index in [4.69, 9.17) is 14.6 Å². The number of aromatic carboxylic acids is 1. The van der Waals surface area contributed by atoms with E-state index in [2.05, 4.69) is 4.98 Å². The zero-order valence-corrected chi connectivity index (χ0v) is 11.1. The van der Waals surface area contributed by atoms with Gasteiger partial charge in [-0.3, -0.25) is 0 Å². The highest BCUT2D eigenvalue weighted by Gasteiger charge is 2.09. The molecule has 0 unspecified atom stereocenters. The quantitative estimate of drug-likeness (QED) is 0.874. The standard InChI is InChI=1S/C15H15NO4/c1-2-9-19-12-5-3-4-6-13(12)20-14-10-11(15(17)18)7-8-16-14/h3-8,10H,2,9H2,1H3,(H,17,18). The number of carboxylic acid groups (broad SMARTS) is 1. The number of carboxylic acids is 1. The first-order valence-electron chi connectivity index (χ1n) is 6.29. The maximum Gasteiger partial charge on any atom is 0.335 e. The number of rotatable bonds is 6. The molecule has 2 aromatic rings. The van der Waals surface area contributed by atoms with Crippen LogP contribution in [0.25, 0.3) is 0 Å². The third kappa shape index (κ3) is 3.47. The predicted molar refractivity (Wildman–Crippen MR) is 73.5 cm³/mol. The molecule has 5 nitrogen and oxygen atoms in total. The normalized spacial score (nSPS) is 10.1. The molecule has 0 radical (unpaired) electrons. The molecule has 1 heterocycles. The number of para-hydroxylation sites is 2. The van der Waals surface area contributed by atoms with Crippen LogP contribution in [0.5, 0.6) is 17.4 Å². The van der Waals surface area contributed by atoms with Gasteiger partial charge >= 0.3 is 5.97 Å². The largest absolute Gasteiger partial charge is 0.490 e. The Hall–Kier alpha value is -2.56. The van der Waals surface area contributed by atoms with E-state index in [0.29, 0.717) is 18.1 Å². The summed E-state index contributed by atoms with van der Waals surface area (Å²) in [5, 5.41) is 8.94. The highest BCUT2D eigenvalue weighted by Crippen LogP contribution is 2.30. The Balaban J connectivity index is 2.21. The molecular formula is C15H15NO4. The molecule has 5 heteroatoms. The van der Waals surface area contributed by atoms with E-state index in [1.807, 2.05) is 19.1 Å². The van der Waals surface area contributed by atoms with Crippen molar-refractivity contribution in [2.75, 3.05) is 6.61 Å². The zero-order chi connectivity index (χ0) is 14.4. The second kappa shape index (κ2) is 6.56. The molecule has 2 rings (SSSR count). The summed E-state index contributed by atoms with van der Waals surface area (Å²) in [7, 11) is 0. The van der Waals surface area contributed by atoms with Crippen LogP contribution in [0, 0.1) is 0 Å². The number of ether oxygens (including phenoxy) is 2. The van der Waals surface area contributed by atoms with Gasteiger partial charge in [-0.25, -0.2) is 9.78 Å². The number of hydrogen-bond acceptors (Lipinski definition) is 4. The Morgan fingerprint density at radius 1 is 1.25 bits per heavy atom. The van der Waals surface area contributed by atoms with Gasteiger partial charge in [0, 0.05) is 12.3 Å². The van der Waals surface area contributed by atoms with Crippen LogP contribution in [0.15, 0.2) is 42.6 Å². The maximum atomic E-state index is 10.9. The third-order valence-corrected chi connectivity index (χ3v) is 2.51. The lowest BCUT2D eigenvalue weighted by molar-refractivity contribution is 0.0696. The van der Waals surface area contributed by atoms with Crippen LogP contribution in [0.3, 0.4) is 0 Å². The van der Waals surface area contributed by atoms with Gasteiger partial charge in [-0.1, -0.05) is 19.1 Å². The summed E-state index contributed by atoms with van der Waals surface area (Å²) in [5.41, 5.74) is 0.127. The molecular weight excluding hydrogens is 258 g/mol. The molecule has 0 atom stereocenters. The molecule has 1 aromatic carbocycles. The molecule has 0 spiro atoms. The van der Waals surface area contributed by atoms with Gasteiger partial charge in [0.25, 0.3) is 0 Å². The minimum atomic E-state index is -1.02. The van der Waals surface area contributed by atoms with Crippen LogP contribution in [-0.4, -0.2) is 22.7 Å². The molecule has 0 aliphatic rings. The summed E-state index contributed by atoms with van der Waals surface area (Å²) >= 11 is 0. The van der Waals surface area contributed by atoms with Crippen LogP contribution in [0.2, 0.25) is 0 Å². The Bertz CT molecular complexity index is 598. The Kier molecular flexibility index (Phi) is 4.55. The number of nitrogens with zero attached hydrogens (tertiary/aromatic N) is 1. The first-order chi connectivity index (χ1) is 9.70. The molecule has 1 N–H and O–H groups in total. The van der Waals surface area contributed by atoms with Gasteiger partial charge in [-0.2, -0.15) is 0 Å². The van der Waals surface area contributed by atoms with Gasteiger partial charge in [0.1, 0.15) is 0 Å². The number of benzene rings is 1. The second-order valence-electron chi connectivity index (χ2n) is 4.09. The highest BCUT2D eigenvalue weighted by atomic mass is 16.5. The fourth-order valence-corrected chi connectivity index (χ4v) is 1.58. The lowest BCUT2D eigenvalue weighted by Gasteiger charge is -2.11. The number of carbonyl (C=O) groups is 1. The van der Waals surface area contributed by atoms with E-state index in [9.17, 15) is 4.79 Å². The molecule has 0 aliphatic heterocycles. The monoisotopic (exact) mass is 273 g/mol. The molecule has 0 fully saturated rings. The van der Waals surface area contributed by atoms with E-state index in [1.165, 1.54) is 18.3 Å². The Morgan fingerprint density at radius 2 is 2.00 bits per heavy atom. The smallest absolute Gasteiger partial charge is 0.335 e. The second-order valence-corrected chi connectivity index (χ2v) is 4.09. The number of pyridine rings is 1. The van der Waals surface area contributed by atoms with Crippen molar-refractivity contribution in [1.82, 2.24) is 4.98 Å². The van der Waals surface area contributed by atoms with Crippen LogP contribution in [0.1, 0.15) is 23.7 Å². The van der Waals surface area contributed by atoms with Crippen molar-refractivity contribution in [2.45, 2.75) is 13.3 Å². The first-order valence-corrected chi connectivity index (χ1v) is 6.29. The van der Waals surface area contributed by atoms with E-state index in [0.717, 1.165) is 6.42 Å². The average Bonchev–Trinajstić information content (AvgIpc) is 2.46. The molecule has 0 saturated carbocycles. The highest BCUT2D eigenvalue weighted by molar-refractivity contribution is 5.87. The van der Waals surface area contributed by atoms with Gasteiger partial charge in [-0.15, -0.1) is 0 Å². The Labute approximate surface area is 116 Å². The first kappa shape index (κ1) is 13.9. The predicted octanol–water partition coefficient (Wildman–Crippen LogP) is 3.36. The summed E-state index contributed by atoms with van der Waals surface area (Å²) < 4.78 is 11.2. The van der Waals surface area contributed by atoms with E-state index >= 15 is 0 Å². The van der Waals surface area contributed by atoms with E-state index in [-0.39, 0.29) is 11.4 Å². The van der Waals surface area contributed by atoms with Crippen LogP contribution in [0.4, 0.5) is 0 Å². The molecule has 20 heavy (non-hydrogen) atoms. The van der Waals surface area contributed by atoms with Crippen molar-refractivity contribution in [2.24, 2.45) is 0 Å². The molecule has 104 valence electrons. The summed E-state index contributed by atoms with van der Waals surface area (Å²) in [6, 6.07) is 9.99. The fourth-order valence-electron chi connectivity index (χ4n) is 1.58. The number of hydrogen-bond donors (Lipinski definition) is 1. The molecule has 0 amide bonds. The van der Waals surface area contributed by atoms with Crippen molar-refractivity contribution in [1.29, 1.82) is 0 Å². The molecule has 0 bridgehead atoms. The van der Waals surface area contributed by atoms with Crippen molar-refractivity contribution >= 4 is 5.97 Å². The number of aromatic nitrogens is 1. The van der Waals surface area contributed by atoms with Crippen LogP contribution >= 0.6 is 0 Å². The van der Waals surface area contributed by atoms with Gasteiger partial charge < -0.3 is 14.6 Å². The topological polar surface area (TPSA) is 68.7 Å². The fraction of sp³-hybridized carbons (Fsp3) is 0.200. The van der Waals surface area contributed by atoms with Crippen LogP contribution in [-0.2, 0) is 0 Å². The van der Waals surface area contributed by atoms with Gasteiger partial charge in [0.15, 0.2) is 11.5 Å². The summed E-state index contributed by atoms with van der Waals surface area (Å²) in [6.45, 7) is 2.60. The summed E-state index contributed by atoms with van der Waals surface area (Å²) in [4.78, 5) is 14.9. The SMILES string of the molecule is CCCOc1ccccc1Oc1cc(C(=O)O)ccn1. The molecule has 0 aliphatic carbocycles. The molecule has 0 saturated heterocycles. The van der Waals surface area contributed by atoms with Gasteiger partial charge in [-0.05, 0) is 24.6 Å². The third-order valence-electron chi connectivity index (χ3n) is 2.51. The van der Waals surface area contributed by atoms with Gasteiger partial charge in [0.05, 0.1) is 12.2 Å². The summed E-state index contributed by atoms with van der Waals surface area (Å²) in [5.74, 6) is 0.318. The van der Waals surface area contributed by atoms with E-state index < -0.39 is 5.97 Å². The maximum absolute atomic E-state index is 10.9. The van der Waals surface area contributed by atoms with Crippen molar-refractivity contribution in [3.8, 4) is 17.4 Å².